The number of benzene rings is 1. The number of rotatable bonds is 4. The minimum atomic E-state index is -0.336. The van der Waals surface area contributed by atoms with Crippen LogP contribution in [0.5, 0.6) is 0 Å². The molecule has 0 aliphatic rings. The predicted octanol–water partition coefficient (Wildman–Crippen LogP) is 3.30. The Hall–Kier alpha value is -1.47. The average molecular weight is 360 g/mol. The fourth-order valence-corrected chi connectivity index (χ4v) is 2.57. The van der Waals surface area contributed by atoms with Gasteiger partial charge in [-0.15, -0.1) is 11.6 Å². The molecule has 1 aromatic carbocycles. The van der Waals surface area contributed by atoms with E-state index in [-0.39, 0.29) is 11.7 Å². The standard InChI is InChI=1S/C12H9BrClFN4O/c13-7-3-9-10(4-8(7)15)19(11(5-14)18-9)2-1-12-16-6-17-20-12/h3-4,6H,1-2,5H2. The number of hydrogen-bond donors (Lipinski definition) is 0. The summed E-state index contributed by atoms with van der Waals surface area (Å²) in [5.74, 6) is 1.11. The normalized spacial score (nSPS) is 11.3. The van der Waals surface area contributed by atoms with E-state index in [0.717, 1.165) is 0 Å². The molecule has 3 aromatic rings. The van der Waals surface area contributed by atoms with Crippen LogP contribution >= 0.6 is 27.5 Å². The van der Waals surface area contributed by atoms with Gasteiger partial charge in [0.15, 0.2) is 6.33 Å². The van der Waals surface area contributed by atoms with Crippen molar-refractivity contribution >= 4 is 38.6 Å². The van der Waals surface area contributed by atoms with Crippen LogP contribution in [0.25, 0.3) is 11.0 Å². The van der Waals surface area contributed by atoms with Crippen LogP contribution in [0.1, 0.15) is 11.7 Å². The molecular weight excluding hydrogens is 351 g/mol. The van der Waals surface area contributed by atoms with Gasteiger partial charge >= 0.3 is 0 Å². The van der Waals surface area contributed by atoms with Gasteiger partial charge in [-0.2, -0.15) is 4.98 Å². The van der Waals surface area contributed by atoms with Crippen LogP contribution in [-0.4, -0.2) is 19.7 Å². The SMILES string of the molecule is Fc1cc2c(cc1Br)nc(CCl)n2CCc1ncno1. The van der Waals surface area contributed by atoms with Crippen molar-refractivity contribution in [3.8, 4) is 0 Å². The number of aryl methyl sites for hydroxylation is 2. The van der Waals surface area contributed by atoms with Gasteiger partial charge < -0.3 is 9.09 Å². The number of imidazole rings is 1. The van der Waals surface area contributed by atoms with Crippen LogP contribution < -0.4 is 0 Å². The second kappa shape index (κ2) is 5.49. The molecule has 5 nitrogen and oxygen atoms in total. The summed E-state index contributed by atoms with van der Waals surface area (Å²) in [5.41, 5.74) is 1.39. The minimum Gasteiger partial charge on any atom is -0.340 e. The monoisotopic (exact) mass is 358 g/mol. The third kappa shape index (κ3) is 2.43. The summed E-state index contributed by atoms with van der Waals surface area (Å²) in [6.07, 6.45) is 1.88. The maximum absolute atomic E-state index is 13.7. The smallest absolute Gasteiger partial charge is 0.228 e. The van der Waals surface area contributed by atoms with Gasteiger partial charge in [-0.3, -0.25) is 0 Å². The van der Waals surface area contributed by atoms with Crippen LogP contribution in [0.2, 0.25) is 0 Å². The summed E-state index contributed by atoms with van der Waals surface area (Å²) in [6.45, 7) is 0.543. The highest BCUT2D eigenvalue weighted by atomic mass is 79.9. The van der Waals surface area contributed by atoms with Crippen molar-refractivity contribution in [1.29, 1.82) is 0 Å². The molecule has 20 heavy (non-hydrogen) atoms. The lowest BCUT2D eigenvalue weighted by Crippen LogP contribution is -2.05. The van der Waals surface area contributed by atoms with E-state index in [1.165, 1.54) is 12.4 Å². The predicted molar refractivity (Wildman–Crippen MR) is 75.0 cm³/mol. The van der Waals surface area contributed by atoms with Gasteiger partial charge in [-0.1, -0.05) is 5.16 Å². The van der Waals surface area contributed by atoms with E-state index in [4.69, 9.17) is 16.1 Å². The molecule has 0 fully saturated rings. The van der Waals surface area contributed by atoms with E-state index in [2.05, 4.69) is 31.1 Å². The number of alkyl halides is 1. The lowest BCUT2D eigenvalue weighted by atomic mass is 10.3. The van der Waals surface area contributed by atoms with Gasteiger partial charge in [0.1, 0.15) is 11.6 Å². The van der Waals surface area contributed by atoms with E-state index in [0.29, 0.717) is 40.2 Å². The van der Waals surface area contributed by atoms with Crippen LogP contribution in [0.3, 0.4) is 0 Å². The summed E-state index contributed by atoms with van der Waals surface area (Å²) in [5, 5.41) is 3.55. The summed E-state index contributed by atoms with van der Waals surface area (Å²) < 4.78 is 20.9. The van der Waals surface area contributed by atoms with Crippen molar-refractivity contribution in [2.24, 2.45) is 0 Å². The first-order valence-electron chi connectivity index (χ1n) is 5.84. The zero-order chi connectivity index (χ0) is 14.1. The first-order chi connectivity index (χ1) is 9.69. The van der Waals surface area contributed by atoms with Crippen molar-refractivity contribution in [3.05, 3.63) is 40.5 Å². The quantitative estimate of drug-likeness (QED) is 0.671. The van der Waals surface area contributed by atoms with E-state index in [1.54, 1.807) is 6.07 Å². The Kier molecular flexibility index (Phi) is 3.71. The second-order valence-electron chi connectivity index (χ2n) is 4.15. The lowest BCUT2D eigenvalue weighted by Gasteiger charge is -2.06. The molecule has 2 heterocycles. The highest BCUT2D eigenvalue weighted by Crippen LogP contribution is 2.25. The Labute approximate surface area is 126 Å². The Morgan fingerprint density at radius 2 is 2.25 bits per heavy atom. The fourth-order valence-electron chi connectivity index (χ4n) is 2.04. The second-order valence-corrected chi connectivity index (χ2v) is 5.27. The molecule has 0 radical (unpaired) electrons. The van der Waals surface area contributed by atoms with Gasteiger partial charge in [0.25, 0.3) is 0 Å². The van der Waals surface area contributed by atoms with Crippen molar-refractivity contribution < 1.29 is 8.91 Å². The Bertz CT molecular complexity index is 744. The maximum Gasteiger partial charge on any atom is 0.228 e. The topological polar surface area (TPSA) is 56.7 Å². The summed E-state index contributed by atoms with van der Waals surface area (Å²) in [6, 6.07) is 3.08. The zero-order valence-corrected chi connectivity index (χ0v) is 12.5. The van der Waals surface area contributed by atoms with Crippen LogP contribution in [-0.2, 0) is 18.8 Å². The first-order valence-corrected chi connectivity index (χ1v) is 7.17. The highest BCUT2D eigenvalue weighted by molar-refractivity contribution is 9.10. The molecular formula is C12H9BrClFN4O. The minimum absolute atomic E-state index is 0.248. The van der Waals surface area contributed by atoms with Gasteiger partial charge in [0, 0.05) is 19.0 Å². The van der Waals surface area contributed by atoms with E-state index < -0.39 is 0 Å². The third-order valence-electron chi connectivity index (χ3n) is 2.95. The van der Waals surface area contributed by atoms with Crippen molar-refractivity contribution in [1.82, 2.24) is 19.7 Å². The van der Waals surface area contributed by atoms with E-state index >= 15 is 0 Å². The summed E-state index contributed by atoms with van der Waals surface area (Å²) in [7, 11) is 0. The van der Waals surface area contributed by atoms with Crippen molar-refractivity contribution in [2.75, 3.05) is 0 Å². The molecule has 0 bridgehead atoms. The van der Waals surface area contributed by atoms with Crippen molar-refractivity contribution in [2.45, 2.75) is 18.8 Å². The number of fused-ring (bicyclic) bond motifs is 1. The molecule has 0 aliphatic heterocycles. The molecule has 2 aromatic heterocycles. The Balaban J connectivity index is 2.01. The molecule has 0 spiro atoms. The average Bonchev–Trinajstić information content (AvgIpc) is 3.05. The van der Waals surface area contributed by atoms with Gasteiger partial charge in [0.05, 0.1) is 21.4 Å². The van der Waals surface area contributed by atoms with Crippen LogP contribution in [0, 0.1) is 5.82 Å². The van der Waals surface area contributed by atoms with Gasteiger partial charge in [-0.25, -0.2) is 9.37 Å². The largest absolute Gasteiger partial charge is 0.340 e. The molecule has 0 aliphatic carbocycles. The molecule has 104 valence electrons. The molecule has 0 saturated heterocycles. The molecule has 8 heteroatoms. The number of halogens is 3. The van der Waals surface area contributed by atoms with E-state index in [1.807, 2.05) is 4.57 Å². The van der Waals surface area contributed by atoms with Crippen LogP contribution in [0.15, 0.2) is 27.5 Å². The molecule has 0 atom stereocenters. The molecule has 0 saturated carbocycles. The zero-order valence-electron chi connectivity index (χ0n) is 10.2. The molecule has 0 amide bonds. The third-order valence-corrected chi connectivity index (χ3v) is 3.79. The maximum atomic E-state index is 13.7. The summed E-state index contributed by atoms with van der Waals surface area (Å²) in [4.78, 5) is 8.36. The molecule has 0 N–H and O–H groups in total. The van der Waals surface area contributed by atoms with Gasteiger partial charge in [0.2, 0.25) is 5.89 Å². The first kappa shape index (κ1) is 13.5. The van der Waals surface area contributed by atoms with Gasteiger partial charge in [-0.05, 0) is 22.0 Å². The molecule has 3 rings (SSSR count). The van der Waals surface area contributed by atoms with Crippen molar-refractivity contribution in [3.63, 3.8) is 0 Å². The fraction of sp³-hybridized carbons (Fsp3) is 0.250. The van der Waals surface area contributed by atoms with Crippen LogP contribution in [0.4, 0.5) is 4.39 Å². The Morgan fingerprint density at radius 3 is 2.95 bits per heavy atom. The number of nitrogens with zero attached hydrogens (tertiary/aromatic N) is 4. The number of hydrogen-bond acceptors (Lipinski definition) is 4. The molecule has 0 unspecified atom stereocenters. The van der Waals surface area contributed by atoms with E-state index in [9.17, 15) is 4.39 Å². The number of aromatic nitrogens is 4. The summed E-state index contributed by atoms with van der Waals surface area (Å²) >= 11 is 9.06. The highest BCUT2D eigenvalue weighted by Gasteiger charge is 2.13. The lowest BCUT2D eigenvalue weighted by molar-refractivity contribution is 0.371. The Morgan fingerprint density at radius 1 is 1.40 bits per heavy atom.